The van der Waals surface area contributed by atoms with Crippen LogP contribution < -0.4 is 19.5 Å². The van der Waals surface area contributed by atoms with Gasteiger partial charge in [0.1, 0.15) is 11.9 Å². The zero-order chi connectivity index (χ0) is 20.6. The van der Waals surface area contributed by atoms with E-state index in [1.807, 2.05) is 42.5 Å². The summed E-state index contributed by atoms with van der Waals surface area (Å²) < 4.78 is 16.8. The molecule has 0 fully saturated rings. The summed E-state index contributed by atoms with van der Waals surface area (Å²) in [5.74, 6) is 2.39. The smallest absolute Gasteiger partial charge is 0.161 e. The Kier molecular flexibility index (Phi) is 7.14. The molecule has 2 unspecified atom stereocenters. The summed E-state index contributed by atoms with van der Waals surface area (Å²) in [7, 11) is 3.36. The first-order chi connectivity index (χ1) is 14.1. The van der Waals surface area contributed by atoms with Gasteiger partial charge in [-0.1, -0.05) is 54.6 Å². The Morgan fingerprint density at radius 3 is 1.97 bits per heavy atom. The number of para-hydroxylation sites is 3. The average molecular weight is 392 g/mol. The molecule has 0 saturated heterocycles. The van der Waals surface area contributed by atoms with Gasteiger partial charge in [-0.3, -0.25) is 0 Å². The van der Waals surface area contributed by atoms with Crippen molar-refractivity contribution in [2.24, 2.45) is 0 Å². The lowest BCUT2D eigenvalue weighted by atomic mass is 10.0. The van der Waals surface area contributed by atoms with Crippen molar-refractivity contribution in [2.75, 3.05) is 20.8 Å². The molecule has 152 valence electrons. The van der Waals surface area contributed by atoms with Crippen molar-refractivity contribution in [3.63, 3.8) is 0 Å². The van der Waals surface area contributed by atoms with Crippen LogP contribution >= 0.6 is 0 Å². The highest BCUT2D eigenvalue weighted by Gasteiger charge is 2.12. The highest BCUT2D eigenvalue weighted by molar-refractivity contribution is 5.70. The number of hydrogen-bond donors (Lipinski definition) is 1. The van der Waals surface area contributed by atoms with Gasteiger partial charge >= 0.3 is 0 Å². The lowest BCUT2D eigenvalue weighted by Crippen LogP contribution is -2.31. The third-order valence-corrected chi connectivity index (χ3v) is 4.94. The van der Waals surface area contributed by atoms with Gasteiger partial charge in [0.25, 0.3) is 0 Å². The van der Waals surface area contributed by atoms with E-state index in [1.54, 1.807) is 14.2 Å². The van der Waals surface area contributed by atoms with Gasteiger partial charge in [0, 0.05) is 18.2 Å². The standard InChI is InChI=1S/C25H29NO3/c1-18(29-25-12-8-7-11-24(25)28-4)17-26-19(2)20-13-15-21(16-14-20)22-9-5-6-10-23(22)27-3/h5-16,18-19,26H,17H2,1-4H3. The monoisotopic (exact) mass is 391 g/mol. The molecule has 0 aromatic heterocycles. The average Bonchev–Trinajstić information content (AvgIpc) is 2.78. The largest absolute Gasteiger partial charge is 0.496 e. The van der Waals surface area contributed by atoms with Gasteiger partial charge in [-0.25, -0.2) is 0 Å². The first-order valence-electron chi connectivity index (χ1n) is 9.88. The van der Waals surface area contributed by atoms with Crippen LogP contribution in [0.25, 0.3) is 11.1 Å². The van der Waals surface area contributed by atoms with E-state index in [-0.39, 0.29) is 12.1 Å². The summed E-state index contributed by atoms with van der Waals surface area (Å²) in [5.41, 5.74) is 3.47. The Labute approximate surface area is 173 Å². The molecule has 0 amide bonds. The molecule has 3 rings (SSSR count). The Bertz CT molecular complexity index is 908. The van der Waals surface area contributed by atoms with Gasteiger partial charge in [0.05, 0.1) is 14.2 Å². The van der Waals surface area contributed by atoms with Crippen LogP contribution in [0, 0.1) is 0 Å². The summed E-state index contributed by atoms with van der Waals surface area (Å²) in [4.78, 5) is 0. The van der Waals surface area contributed by atoms with Crippen LogP contribution in [0.15, 0.2) is 72.8 Å². The van der Waals surface area contributed by atoms with Crippen LogP contribution in [0.5, 0.6) is 17.2 Å². The summed E-state index contributed by atoms with van der Waals surface area (Å²) in [6.07, 6.45) is 0.0154. The minimum atomic E-state index is 0.0154. The van der Waals surface area contributed by atoms with Gasteiger partial charge in [0.2, 0.25) is 0 Å². The van der Waals surface area contributed by atoms with E-state index in [4.69, 9.17) is 14.2 Å². The second-order valence-electron chi connectivity index (χ2n) is 7.03. The van der Waals surface area contributed by atoms with Gasteiger partial charge in [-0.15, -0.1) is 0 Å². The first-order valence-corrected chi connectivity index (χ1v) is 9.88. The lowest BCUT2D eigenvalue weighted by molar-refractivity contribution is 0.203. The van der Waals surface area contributed by atoms with Crippen molar-refractivity contribution in [1.29, 1.82) is 0 Å². The van der Waals surface area contributed by atoms with Crippen molar-refractivity contribution in [3.8, 4) is 28.4 Å². The predicted octanol–water partition coefficient (Wildman–Crippen LogP) is 5.49. The van der Waals surface area contributed by atoms with E-state index in [1.165, 1.54) is 5.56 Å². The van der Waals surface area contributed by atoms with Crippen molar-refractivity contribution < 1.29 is 14.2 Å². The molecule has 0 aliphatic carbocycles. The SMILES string of the molecule is COc1ccccc1OC(C)CNC(C)c1ccc(-c2ccccc2OC)cc1. The maximum absolute atomic E-state index is 6.02. The van der Waals surface area contributed by atoms with Crippen molar-refractivity contribution in [2.45, 2.75) is 26.0 Å². The molecule has 4 heteroatoms. The molecule has 0 heterocycles. The lowest BCUT2D eigenvalue weighted by Gasteiger charge is -2.20. The van der Waals surface area contributed by atoms with Crippen molar-refractivity contribution in [3.05, 3.63) is 78.4 Å². The number of ether oxygens (including phenoxy) is 3. The van der Waals surface area contributed by atoms with Crippen LogP contribution in [0.1, 0.15) is 25.5 Å². The third-order valence-electron chi connectivity index (χ3n) is 4.94. The van der Waals surface area contributed by atoms with Crippen LogP contribution in [0.2, 0.25) is 0 Å². The highest BCUT2D eigenvalue weighted by Crippen LogP contribution is 2.30. The van der Waals surface area contributed by atoms with Gasteiger partial charge in [0.15, 0.2) is 11.5 Å². The molecule has 4 nitrogen and oxygen atoms in total. The molecule has 29 heavy (non-hydrogen) atoms. The fraction of sp³-hybridized carbons (Fsp3) is 0.280. The molecule has 0 spiro atoms. The van der Waals surface area contributed by atoms with Gasteiger partial charge in [-0.05, 0) is 43.2 Å². The van der Waals surface area contributed by atoms with Gasteiger partial charge < -0.3 is 19.5 Å². The minimum Gasteiger partial charge on any atom is -0.496 e. The second-order valence-corrected chi connectivity index (χ2v) is 7.03. The van der Waals surface area contributed by atoms with Gasteiger partial charge in [-0.2, -0.15) is 0 Å². The summed E-state index contributed by atoms with van der Waals surface area (Å²) in [6, 6.07) is 24.6. The number of rotatable bonds is 9. The van der Waals surface area contributed by atoms with E-state index >= 15 is 0 Å². The summed E-state index contributed by atoms with van der Waals surface area (Å²) in [5, 5.41) is 3.55. The molecule has 3 aromatic rings. The quantitative estimate of drug-likeness (QED) is 0.524. The maximum atomic E-state index is 6.02. The van der Waals surface area contributed by atoms with Crippen LogP contribution in [0.3, 0.4) is 0 Å². The topological polar surface area (TPSA) is 39.7 Å². The second kappa shape index (κ2) is 9.99. The molecule has 0 radical (unpaired) electrons. The van der Waals surface area contributed by atoms with Crippen LogP contribution in [-0.4, -0.2) is 26.9 Å². The summed E-state index contributed by atoms with van der Waals surface area (Å²) in [6.45, 7) is 4.94. The van der Waals surface area contributed by atoms with E-state index in [0.29, 0.717) is 0 Å². The van der Waals surface area contributed by atoms with Crippen LogP contribution in [-0.2, 0) is 0 Å². The molecule has 0 aliphatic heterocycles. The third kappa shape index (κ3) is 5.30. The Morgan fingerprint density at radius 1 is 0.724 bits per heavy atom. The Balaban J connectivity index is 1.59. The molecule has 0 aliphatic rings. The molecular weight excluding hydrogens is 362 g/mol. The molecule has 1 N–H and O–H groups in total. The molecule has 0 bridgehead atoms. The fourth-order valence-electron chi connectivity index (χ4n) is 3.27. The van der Waals surface area contributed by atoms with E-state index < -0.39 is 0 Å². The number of methoxy groups -OCH3 is 2. The van der Waals surface area contributed by atoms with E-state index in [0.717, 1.165) is 34.9 Å². The molecule has 3 aromatic carbocycles. The van der Waals surface area contributed by atoms with Crippen molar-refractivity contribution in [1.82, 2.24) is 5.32 Å². The molecule has 0 saturated carbocycles. The zero-order valence-corrected chi connectivity index (χ0v) is 17.5. The summed E-state index contributed by atoms with van der Waals surface area (Å²) >= 11 is 0. The predicted molar refractivity (Wildman–Crippen MR) is 118 cm³/mol. The van der Waals surface area contributed by atoms with E-state index in [9.17, 15) is 0 Å². The van der Waals surface area contributed by atoms with E-state index in [2.05, 4.69) is 49.5 Å². The number of hydrogen-bond acceptors (Lipinski definition) is 4. The Morgan fingerprint density at radius 2 is 1.31 bits per heavy atom. The normalized spacial score (nSPS) is 12.8. The first kappa shape index (κ1) is 20.7. The zero-order valence-electron chi connectivity index (χ0n) is 17.5. The molecular formula is C25H29NO3. The Hall–Kier alpha value is -2.98. The van der Waals surface area contributed by atoms with Crippen molar-refractivity contribution >= 4 is 0 Å². The molecule has 2 atom stereocenters. The maximum Gasteiger partial charge on any atom is 0.161 e. The van der Waals surface area contributed by atoms with Crippen LogP contribution in [0.4, 0.5) is 0 Å². The minimum absolute atomic E-state index is 0.0154. The number of nitrogens with one attached hydrogen (secondary N) is 1. The highest BCUT2D eigenvalue weighted by atomic mass is 16.5. The fourth-order valence-corrected chi connectivity index (χ4v) is 3.27. The number of benzene rings is 3.